The number of rotatable bonds is 1. The molecule has 1 aliphatic heterocycles. The fourth-order valence-electron chi connectivity index (χ4n) is 1.92. The molecule has 0 fully saturated rings. The molecule has 0 aromatic carbocycles. The molecule has 2 heterocycles. The van der Waals surface area contributed by atoms with Crippen LogP contribution < -0.4 is 15.0 Å². The van der Waals surface area contributed by atoms with Crippen LogP contribution in [0.15, 0.2) is 16.7 Å². The van der Waals surface area contributed by atoms with Crippen molar-refractivity contribution >= 4 is 33.7 Å². The number of carbonyl (C=O) groups excluding carboxylic acids is 2. The van der Waals surface area contributed by atoms with E-state index in [1.165, 1.54) is 4.90 Å². The number of hydrogen-bond acceptors (Lipinski definition) is 5. The largest absolute Gasteiger partial charge is 0.486 e. The standard InChI is InChI=1S/C14H18BrN3O4/c1-14(2,3)22-13(20)17-9-7-21-10-8(15)5-6-16-11(10)18(4)12(9)19/h5-6,9H,7H2,1-4H3,(H,17,20)/t9-/m0/s1. The third-order valence-corrected chi connectivity index (χ3v) is 3.49. The first-order valence-electron chi connectivity index (χ1n) is 6.73. The number of amides is 2. The number of anilines is 1. The van der Waals surface area contributed by atoms with Crippen LogP contribution in [-0.2, 0) is 9.53 Å². The molecule has 120 valence electrons. The number of likely N-dealkylation sites (N-methyl/N-ethyl adjacent to an activating group) is 1. The van der Waals surface area contributed by atoms with Crippen molar-refractivity contribution in [2.75, 3.05) is 18.6 Å². The van der Waals surface area contributed by atoms with Crippen LogP contribution in [0, 0.1) is 0 Å². The zero-order valence-electron chi connectivity index (χ0n) is 12.8. The molecular weight excluding hydrogens is 354 g/mol. The van der Waals surface area contributed by atoms with E-state index in [1.807, 2.05) is 0 Å². The Kier molecular flexibility index (Phi) is 4.60. The van der Waals surface area contributed by atoms with Crippen molar-refractivity contribution in [2.45, 2.75) is 32.4 Å². The van der Waals surface area contributed by atoms with E-state index in [9.17, 15) is 9.59 Å². The van der Waals surface area contributed by atoms with E-state index in [0.29, 0.717) is 16.0 Å². The van der Waals surface area contributed by atoms with Gasteiger partial charge in [0, 0.05) is 13.2 Å². The van der Waals surface area contributed by atoms with E-state index in [2.05, 4.69) is 26.2 Å². The molecule has 0 bridgehead atoms. The predicted molar refractivity (Wildman–Crippen MR) is 84.0 cm³/mol. The molecule has 0 spiro atoms. The molecule has 22 heavy (non-hydrogen) atoms. The van der Waals surface area contributed by atoms with Gasteiger partial charge in [-0.1, -0.05) is 0 Å². The van der Waals surface area contributed by atoms with Gasteiger partial charge in [0.05, 0.1) is 4.47 Å². The van der Waals surface area contributed by atoms with Crippen molar-refractivity contribution < 1.29 is 19.1 Å². The van der Waals surface area contributed by atoms with Gasteiger partial charge in [0.15, 0.2) is 11.6 Å². The van der Waals surface area contributed by atoms with Crippen LogP contribution in [0.2, 0.25) is 0 Å². The Balaban J connectivity index is 2.16. The Bertz CT molecular complexity index is 600. The van der Waals surface area contributed by atoms with Gasteiger partial charge in [0.25, 0.3) is 5.91 Å². The maximum absolute atomic E-state index is 12.4. The predicted octanol–water partition coefficient (Wildman–Crippen LogP) is 2.09. The molecule has 2 rings (SSSR count). The number of aromatic nitrogens is 1. The van der Waals surface area contributed by atoms with Gasteiger partial charge < -0.3 is 14.8 Å². The van der Waals surface area contributed by atoms with Crippen LogP contribution in [0.25, 0.3) is 0 Å². The highest BCUT2D eigenvalue weighted by atomic mass is 79.9. The minimum Gasteiger partial charge on any atom is -0.486 e. The lowest BCUT2D eigenvalue weighted by Gasteiger charge is -2.23. The summed E-state index contributed by atoms with van der Waals surface area (Å²) >= 11 is 3.36. The molecule has 1 aromatic rings. The fraction of sp³-hybridized carbons (Fsp3) is 0.500. The minimum absolute atomic E-state index is 0.000288. The van der Waals surface area contributed by atoms with Crippen molar-refractivity contribution in [3.8, 4) is 5.75 Å². The lowest BCUT2D eigenvalue weighted by molar-refractivity contribution is -0.120. The molecular formula is C14H18BrN3O4. The zero-order chi connectivity index (χ0) is 16.5. The molecule has 1 atom stereocenters. The Morgan fingerprint density at radius 2 is 2.23 bits per heavy atom. The lowest BCUT2D eigenvalue weighted by atomic mass is 10.2. The SMILES string of the molecule is CN1C(=O)[C@@H](NC(=O)OC(C)(C)C)COc2c(Br)ccnc21. The summed E-state index contributed by atoms with van der Waals surface area (Å²) in [4.78, 5) is 29.8. The average molecular weight is 372 g/mol. The van der Waals surface area contributed by atoms with Crippen LogP contribution in [0.3, 0.4) is 0 Å². The Morgan fingerprint density at radius 1 is 1.55 bits per heavy atom. The van der Waals surface area contributed by atoms with Crippen LogP contribution >= 0.6 is 15.9 Å². The van der Waals surface area contributed by atoms with Crippen LogP contribution in [0.4, 0.5) is 10.6 Å². The second kappa shape index (κ2) is 6.12. The van der Waals surface area contributed by atoms with Crippen molar-refractivity contribution in [3.05, 3.63) is 16.7 Å². The lowest BCUT2D eigenvalue weighted by Crippen LogP contribution is -2.50. The Morgan fingerprint density at radius 3 is 2.86 bits per heavy atom. The van der Waals surface area contributed by atoms with Crippen molar-refractivity contribution in [3.63, 3.8) is 0 Å². The molecule has 0 saturated heterocycles. The smallest absolute Gasteiger partial charge is 0.408 e. The first-order valence-corrected chi connectivity index (χ1v) is 7.53. The molecule has 1 aromatic heterocycles. The minimum atomic E-state index is -0.846. The summed E-state index contributed by atoms with van der Waals surface area (Å²) in [6.07, 6.45) is 0.901. The van der Waals surface area contributed by atoms with Crippen molar-refractivity contribution in [1.82, 2.24) is 10.3 Å². The van der Waals surface area contributed by atoms with E-state index in [0.717, 1.165) is 0 Å². The highest BCUT2D eigenvalue weighted by Gasteiger charge is 2.33. The number of nitrogens with zero attached hydrogens (tertiary/aromatic N) is 2. The highest BCUT2D eigenvalue weighted by molar-refractivity contribution is 9.10. The number of pyridine rings is 1. The molecule has 7 nitrogen and oxygen atoms in total. The second-order valence-electron chi connectivity index (χ2n) is 5.85. The number of ether oxygens (including phenoxy) is 2. The average Bonchev–Trinajstić information content (AvgIpc) is 2.50. The van der Waals surface area contributed by atoms with E-state index in [1.54, 1.807) is 40.1 Å². The number of nitrogens with one attached hydrogen (secondary N) is 1. The van der Waals surface area contributed by atoms with Gasteiger partial charge in [0.1, 0.15) is 18.2 Å². The molecule has 0 saturated carbocycles. The van der Waals surface area contributed by atoms with Crippen molar-refractivity contribution in [2.24, 2.45) is 0 Å². The first-order chi connectivity index (χ1) is 10.2. The van der Waals surface area contributed by atoms with Crippen molar-refractivity contribution in [1.29, 1.82) is 0 Å². The van der Waals surface area contributed by atoms with Crippen LogP contribution in [0.5, 0.6) is 5.75 Å². The number of carbonyl (C=O) groups is 2. The fourth-order valence-corrected chi connectivity index (χ4v) is 2.33. The molecule has 8 heteroatoms. The summed E-state index contributed by atoms with van der Waals surface area (Å²) in [5, 5.41) is 2.53. The van der Waals surface area contributed by atoms with Crippen LogP contribution in [0.1, 0.15) is 20.8 Å². The highest BCUT2D eigenvalue weighted by Crippen LogP contribution is 2.35. The van der Waals surface area contributed by atoms with Gasteiger partial charge >= 0.3 is 6.09 Å². The van der Waals surface area contributed by atoms with Gasteiger partial charge in [-0.3, -0.25) is 9.69 Å². The first kappa shape index (κ1) is 16.5. The summed E-state index contributed by atoms with van der Waals surface area (Å²) in [5.41, 5.74) is -0.641. The normalized spacial score (nSPS) is 18.1. The summed E-state index contributed by atoms with van der Waals surface area (Å²) in [5.74, 6) is 0.537. The van der Waals surface area contributed by atoms with E-state index >= 15 is 0 Å². The van der Waals surface area contributed by atoms with E-state index < -0.39 is 17.7 Å². The van der Waals surface area contributed by atoms with Crippen LogP contribution in [-0.4, -0.2) is 42.3 Å². The van der Waals surface area contributed by atoms with E-state index in [-0.39, 0.29) is 12.5 Å². The molecule has 1 aliphatic rings. The Hall–Kier alpha value is -1.83. The molecule has 0 radical (unpaired) electrons. The van der Waals surface area contributed by atoms with E-state index in [4.69, 9.17) is 9.47 Å². The molecule has 2 amide bonds. The van der Waals surface area contributed by atoms with Gasteiger partial charge in [-0.2, -0.15) is 0 Å². The maximum Gasteiger partial charge on any atom is 0.408 e. The number of halogens is 1. The Labute approximate surface area is 137 Å². The van der Waals surface area contributed by atoms with Gasteiger partial charge in [-0.25, -0.2) is 9.78 Å². The monoisotopic (exact) mass is 371 g/mol. The third kappa shape index (κ3) is 3.68. The molecule has 1 N–H and O–H groups in total. The summed E-state index contributed by atoms with van der Waals surface area (Å²) in [6, 6.07) is 0.875. The topological polar surface area (TPSA) is 80.8 Å². The van der Waals surface area contributed by atoms with Gasteiger partial charge in [-0.05, 0) is 42.8 Å². The summed E-state index contributed by atoms with van der Waals surface area (Å²) in [6.45, 7) is 5.25. The molecule has 0 unspecified atom stereocenters. The molecule has 0 aliphatic carbocycles. The zero-order valence-corrected chi connectivity index (χ0v) is 14.4. The quantitative estimate of drug-likeness (QED) is 0.817. The summed E-state index contributed by atoms with van der Waals surface area (Å²) < 4.78 is 11.5. The van der Waals surface area contributed by atoms with Gasteiger partial charge in [-0.15, -0.1) is 0 Å². The second-order valence-corrected chi connectivity index (χ2v) is 6.71. The number of fused-ring (bicyclic) bond motifs is 1. The number of alkyl carbamates (subject to hydrolysis) is 1. The number of hydrogen-bond donors (Lipinski definition) is 1. The third-order valence-electron chi connectivity index (χ3n) is 2.87. The van der Waals surface area contributed by atoms with Gasteiger partial charge in [0.2, 0.25) is 0 Å². The summed E-state index contributed by atoms with van der Waals surface area (Å²) in [7, 11) is 1.58. The maximum atomic E-state index is 12.4.